The summed E-state index contributed by atoms with van der Waals surface area (Å²) in [6.07, 6.45) is 2.46. The molecule has 8 nitrogen and oxygen atoms in total. The number of aromatic nitrogens is 3. The van der Waals surface area contributed by atoms with Gasteiger partial charge >= 0.3 is 0 Å². The summed E-state index contributed by atoms with van der Waals surface area (Å²) in [5.74, 6) is 0.355. The topological polar surface area (TPSA) is 108 Å². The average Bonchev–Trinajstić information content (AvgIpc) is 3.15. The van der Waals surface area contributed by atoms with E-state index in [1.165, 1.54) is 4.31 Å². The van der Waals surface area contributed by atoms with E-state index in [1.54, 1.807) is 6.07 Å². The van der Waals surface area contributed by atoms with Crippen LogP contribution in [0.25, 0.3) is 11.4 Å². The van der Waals surface area contributed by atoms with Crippen LogP contribution in [0.2, 0.25) is 5.02 Å². The summed E-state index contributed by atoms with van der Waals surface area (Å²) in [7, 11) is -3.23. The van der Waals surface area contributed by atoms with Crippen LogP contribution in [0.15, 0.2) is 24.3 Å². The van der Waals surface area contributed by atoms with E-state index in [1.807, 2.05) is 25.1 Å². The Labute approximate surface area is 169 Å². The van der Waals surface area contributed by atoms with Gasteiger partial charge in [0.2, 0.25) is 21.9 Å². The first kappa shape index (κ1) is 20.8. The van der Waals surface area contributed by atoms with Gasteiger partial charge in [0.25, 0.3) is 0 Å². The van der Waals surface area contributed by atoms with Crippen LogP contribution in [0.5, 0.6) is 0 Å². The number of halogens is 1. The summed E-state index contributed by atoms with van der Waals surface area (Å²) >= 11 is 6.15. The molecule has 0 saturated carbocycles. The molecule has 3 rings (SSSR count). The van der Waals surface area contributed by atoms with Crippen molar-refractivity contribution < 1.29 is 13.2 Å². The third-order valence-electron chi connectivity index (χ3n) is 4.82. The molecule has 0 atom stereocenters. The van der Waals surface area contributed by atoms with Gasteiger partial charge < -0.3 is 0 Å². The predicted octanol–water partition coefficient (Wildman–Crippen LogP) is 2.91. The highest BCUT2D eigenvalue weighted by Crippen LogP contribution is 2.26. The molecule has 0 radical (unpaired) electrons. The minimum Gasteiger partial charge on any atom is -0.293 e. The van der Waals surface area contributed by atoms with E-state index < -0.39 is 10.0 Å². The number of amides is 1. The smallest absolute Gasteiger partial charge is 0.249 e. The lowest BCUT2D eigenvalue weighted by atomic mass is 9.97. The number of carbonyl (C=O) groups excluding carboxylic acids is 1. The van der Waals surface area contributed by atoms with Crippen LogP contribution in [-0.4, -0.2) is 52.7 Å². The molecule has 0 aliphatic carbocycles. The van der Waals surface area contributed by atoms with Gasteiger partial charge in [0.1, 0.15) is 0 Å². The van der Waals surface area contributed by atoms with Gasteiger partial charge in [-0.3, -0.25) is 15.2 Å². The van der Waals surface area contributed by atoms with Gasteiger partial charge in [-0.2, -0.15) is 4.98 Å². The van der Waals surface area contributed by atoms with Crippen molar-refractivity contribution in [1.82, 2.24) is 19.5 Å². The lowest BCUT2D eigenvalue weighted by Gasteiger charge is -2.30. The largest absolute Gasteiger partial charge is 0.293 e. The van der Waals surface area contributed by atoms with E-state index in [-0.39, 0.29) is 23.5 Å². The van der Waals surface area contributed by atoms with Gasteiger partial charge in [0, 0.05) is 24.6 Å². The first-order valence-corrected chi connectivity index (χ1v) is 11.4. The van der Waals surface area contributed by atoms with Crippen LogP contribution in [0.3, 0.4) is 0 Å². The molecule has 1 aliphatic heterocycles. The van der Waals surface area contributed by atoms with E-state index in [0.29, 0.717) is 48.8 Å². The summed E-state index contributed by atoms with van der Waals surface area (Å²) in [6.45, 7) is 2.69. The van der Waals surface area contributed by atoms with Gasteiger partial charge in [0.05, 0.1) is 10.8 Å². The average molecular weight is 426 g/mol. The number of carbonyl (C=O) groups is 1. The molecule has 0 spiro atoms. The number of hydrogen-bond donors (Lipinski definition) is 2. The van der Waals surface area contributed by atoms with Crippen molar-refractivity contribution in [2.75, 3.05) is 24.2 Å². The molecule has 1 saturated heterocycles. The number of rotatable bonds is 7. The fraction of sp³-hybridized carbons (Fsp3) is 0.500. The number of benzene rings is 1. The minimum absolute atomic E-state index is 0.169. The van der Waals surface area contributed by atoms with Crippen LogP contribution in [0, 0.1) is 5.92 Å². The third-order valence-corrected chi connectivity index (χ3v) is 7.11. The first-order valence-electron chi connectivity index (χ1n) is 9.36. The Kier molecular flexibility index (Phi) is 6.69. The molecule has 10 heteroatoms. The number of aromatic amines is 1. The molecule has 0 bridgehead atoms. The molecule has 2 heterocycles. The highest BCUT2D eigenvalue weighted by molar-refractivity contribution is 7.89. The number of unbranched alkanes of at least 4 members (excludes halogenated alkanes) is 1. The summed E-state index contributed by atoms with van der Waals surface area (Å²) < 4.78 is 26.0. The second-order valence-corrected chi connectivity index (χ2v) is 9.32. The van der Waals surface area contributed by atoms with Gasteiger partial charge in [-0.25, -0.2) is 12.7 Å². The lowest BCUT2D eigenvalue weighted by Crippen LogP contribution is -2.42. The van der Waals surface area contributed by atoms with Crippen molar-refractivity contribution in [1.29, 1.82) is 0 Å². The number of sulfonamides is 1. The molecule has 1 aromatic carbocycles. The third kappa shape index (κ3) is 4.89. The minimum atomic E-state index is -3.23. The molecule has 28 heavy (non-hydrogen) atoms. The van der Waals surface area contributed by atoms with Crippen molar-refractivity contribution in [2.45, 2.75) is 32.6 Å². The Hall–Kier alpha value is -1.97. The number of hydrogen-bond acceptors (Lipinski definition) is 5. The summed E-state index contributed by atoms with van der Waals surface area (Å²) in [4.78, 5) is 16.8. The predicted molar refractivity (Wildman–Crippen MR) is 108 cm³/mol. The highest BCUT2D eigenvalue weighted by Gasteiger charge is 2.31. The second-order valence-electron chi connectivity index (χ2n) is 6.82. The lowest BCUT2D eigenvalue weighted by molar-refractivity contribution is -0.121. The van der Waals surface area contributed by atoms with Gasteiger partial charge in [-0.05, 0) is 31.4 Å². The van der Waals surface area contributed by atoms with Gasteiger partial charge in [-0.15, -0.1) is 5.10 Å². The monoisotopic (exact) mass is 425 g/mol. The SMILES string of the molecule is CCCCS(=O)(=O)N1CCC(C(=O)Nc2n[nH]c(-c3ccccc3Cl)n2)CC1. The molecule has 152 valence electrons. The number of piperidine rings is 1. The van der Waals surface area contributed by atoms with Crippen LogP contribution in [0.4, 0.5) is 5.95 Å². The molecule has 1 aliphatic rings. The maximum absolute atomic E-state index is 12.5. The fourth-order valence-corrected chi connectivity index (χ4v) is 5.06. The van der Waals surface area contributed by atoms with Crippen LogP contribution in [-0.2, 0) is 14.8 Å². The zero-order chi connectivity index (χ0) is 20.1. The second kappa shape index (κ2) is 9.02. The van der Waals surface area contributed by atoms with E-state index in [0.717, 1.165) is 6.42 Å². The summed E-state index contributed by atoms with van der Waals surface area (Å²) in [6, 6.07) is 7.22. The molecule has 0 unspecified atom stereocenters. The van der Waals surface area contributed by atoms with Crippen molar-refractivity contribution in [3.8, 4) is 11.4 Å². The Balaban J connectivity index is 1.56. The van der Waals surface area contributed by atoms with E-state index in [2.05, 4.69) is 20.5 Å². The molecule has 1 amide bonds. The van der Waals surface area contributed by atoms with E-state index >= 15 is 0 Å². The quantitative estimate of drug-likeness (QED) is 0.709. The van der Waals surface area contributed by atoms with Gasteiger partial charge in [-0.1, -0.05) is 37.1 Å². The van der Waals surface area contributed by atoms with Crippen molar-refractivity contribution in [3.63, 3.8) is 0 Å². The zero-order valence-electron chi connectivity index (χ0n) is 15.7. The number of anilines is 1. The number of H-pyrrole nitrogens is 1. The van der Waals surface area contributed by atoms with Crippen LogP contribution >= 0.6 is 11.6 Å². The van der Waals surface area contributed by atoms with E-state index in [9.17, 15) is 13.2 Å². The first-order chi connectivity index (χ1) is 13.4. The molecule has 1 fully saturated rings. The zero-order valence-corrected chi connectivity index (χ0v) is 17.3. The van der Waals surface area contributed by atoms with Gasteiger partial charge in [0.15, 0.2) is 5.82 Å². The molecule has 2 N–H and O–H groups in total. The van der Waals surface area contributed by atoms with E-state index in [4.69, 9.17) is 11.6 Å². The number of nitrogens with one attached hydrogen (secondary N) is 2. The van der Waals surface area contributed by atoms with Crippen molar-refractivity contribution in [2.24, 2.45) is 5.92 Å². The van der Waals surface area contributed by atoms with Crippen LogP contribution in [0.1, 0.15) is 32.6 Å². The molecular weight excluding hydrogens is 402 g/mol. The normalized spacial score (nSPS) is 16.2. The summed E-state index contributed by atoms with van der Waals surface area (Å²) in [5, 5.41) is 10.0. The summed E-state index contributed by atoms with van der Waals surface area (Å²) in [5.41, 5.74) is 0.697. The molecular formula is C18H24ClN5O3S. The maximum atomic E-state index is 12.5. The molecule has 2 aromatic rings. The Bertz CT molecular complexity index is 923. The Morgan fingerprint density at radius 1 is 1.32 bits per heavy atom. The van der Waals surface area contributed by atoms with Crippen LogP contribution < -0.4 is 5.32 Å². The number of nitrogens with zero attached hydrogens (tertiary/aromatic N) is 3. The fourth-order valence-electron chi connectivity index (χ4n) is 3.16. The maximum Gasteiger partial charge on any atom is 0.249 e. The Morgan fingerprint density at radius 3 is 2.71 bits per heavy atom. The highest BCUT2D eigenvalue weighted by atomic mass is 35.5. The molecule has 1 aromatic heterocycles. The Morgan fingerprint density at radius 2 is 2.04 bits per heavy atom. The standard InChI is InChI=1S/C18H24ClN5O3S/c1-2-3-12-28(26,27)24-10-8-13(9-11-24)17(25)21-18-20-16(22-23-18)14-6-4-5-7-15(14)19/h4-7,13H,2-3,8-12H2,1H3,(H2,20,21,22,23,25). The van der Waals surface area contributed by atoms with Crippen molar-refractivity contribution in [3.05, 3.63) is 29.3 Å². The van der Waals surface area contributed by atoms with Crippen molar-refractivity contribution >= 4 is 33.5 Å².